The number of hydrogen-bond donors (Lipinski definition) is 0. The summed E-state index contributed by atoms with van der Waals surface area (Å²) in [5, 5.41) is 0. The van der Waals surface area contributed by atoms with Crippen LogP contribution in [0.15, 0.2) is 71.8 Å². The summed E-state index contributed by atoms with van der Waals surface area (Å²) >= 11 is -4.79. The van der Waals surface area contributed by atoms with E-state index >= 15 is 0 Å². The van der Waals surface area contributed by atoms with Crippen LogP contribution in [0.5, 0.6) is 0 Å². The fourth-order valence-electron chi connectivity index (χ4n) is 8.74. The first-order valence-electron chi connectivity index (χ1n) is 16.5. The van der Waals surface area contributed by atoms with Gasteiger partial charge in [-0.25, -0.2) is 0 Å². The van der Waals surface area contributed by atoms with Crippen molar-refractivity contribution in [3.8, 4) is 22.3 Å². The molecule has 4 aromatic rings. The predicted octanol–water partition coefficient (Wildman–Crippen LogP) is 12.9. The molecule has 0 heterocycles. The van der Waals surface area contributed by atoms with Gasteiger partial charge in [0.1, 0.15) is 0 Å². The second-order valence-electron chi connectivity index (χ2n) is 14.6. The van der Waals surface area contributed by atoms with Gasteiger partial charge in [0.2, 0.25) is 0 Å². The fraction of sp³-hybridized carbons (Fsp3) is 0.317. The van der Waals surface area contributed by atoms with Crippen LogP contribution < -0.4 is 0 Å². The van der Waals surface area contributed by atoms with Crippen LogP contribution >= 0.6 is 17.0 Å². The van der Waals surface area contributed by atoms with Gasteiger partial charge in [-0.05, 0) is 0 Å². The Bertz CT molecular complexity index is 1900. The summed E-state index contributed by atoms with van der Waals surface area (Å²) in [6, 6.07) is 23.4. The van der Waals surface area contributed by atoms with Crippen molar-refractivity contribution in [2.24, 2.45) is 0 Å². The minimum atomic E-state index is -4.79. The van der Waals surface area contributed by atoms with Gasteiger partial charge in [0.15, 0.2) is 0 Å². The molecule has 4 heteroatoms. The molecular formula is C41H47Cl2SiZr. The molecule has 0 amide bonds. The van der Waals surface area contributed by atoms with Gasteiger partial charge >= 0.3 is 283 Å². The van der Waals surface area contributed by atoms with Gasteiger partial charge in [-0.2, -0.15) is 0 Å². The molecule has 2 unspecified atom stereocenters. The Labute approximate surface area is 280 Å². The first kappa shape index (κ1) is 33.0. The Hall–Kier alpha value is -1.96. The Balaban J connectivity index is 1.61. The summed E-state index contributed by atoms with van der Waals surface area (Å²) in [7, 11) is 17.2. The normalized spacial score (nSPS) is 18.4. The maximum atomic E-state index is 8.62. The molecule has 0 fully saturated rings. The monoisotopic (exact) mass is 727 g/mol. The Kier molecular flexibility index (Phi) is 8.52. The topological polar surface area (TPSA) is 0 Å². The maximum absolute atomic E-state index is 8.62. The van der Waals surface area contributed by atoms with Crippen LogP contribution in [0.3, 0.4) is 0 Å². The zero-order chi connectivity index (χ0) is 32.6. The third kappa shape index (κ3) is 5.37. The first-order valence-corrected chi connectivity index (χ1v) is 32.9. The predicted molar refractivity (Wildman–Crippen MR) is 200 cm³/mol. The van der Waals surface area contributed by atoms with Crippen molar-refractivity contribution in [3.63, 3.8) is 0 Å². The number of hydrogen-bond acceptors (Lipinski definition) is 0. The second kappa shape index (κ2) is 11.6. The number of aryl methyl sites for hydroxylation is 6. The van der Waals surface area contributed by atoms with Gasteiger partial charge in [0, 0.05) is 0 Å². The van der Waals surface area contributed by atoms with E-state index in [0.29, 0.717) is 0 Å². The van der Waals surface area contributed by atoms with Crippen molar-refractivity contribution >= 4 is 35.1 Å². The molecule has 233 valence electrons. The summed E-state index contributed by atoms with van der Waals surface area (Å²) in [5.74, 6) is -1.61. The van der Waals surface area contributed by atoms with Gasteiger partial charge in [-0.1, -0.05) is 0 Å². The van der Waals surface area contributed by atoms with Crippen molar-refractivity contribution in [2.45, 2.75) is 82.2 Å². The summed E-state index contributed by atoms with van der Waals surface area (Å²) in [4.78, 5) is 0. The molecule has 0 aromatic heterocycles. The molecule has 4 aromatic carbocycles. The van der Waals surface area contributed by atoms with Gasteiger partial charge in [0.25, 0.3) is 0 Å². The van der Waals surface area contributed by atoms with E-state index in [2.05, 4.69) is 141 Å². The molecule has 45 heavy (non-hydrogen) atoms. The second-order valence-corrected chi connectivity index (χ2v) is 57.1. The zero-order valence-corrected chi connectivity index (χ0v) is 33.7. The van der Waals surface area contributed by atoms with Crippen LogP contribution in [-0.2, 0) is 15.6 Å². The Morgan fingerprint density at radius 2 is 0.956 bits per heavy atom. The van der Waals surface area contributed by atoms with E-state index in [4.69, 9.17) is 17.0 Å². The Morgan fingerprint density at radius 3 is 1.38 bits per heavy atom. The average molecular weight is 730 g/mol. The molecule has 2 aliphatic rings. The first-order chi connectivity index (χ1) is 21.1. The summed E-state index contributed by atoms with van der Waals surface area (Å²) in [6.45, 7) is 22.8. The summed E-state index contributed by atoms with van der Waals surface area (Å²) < 4.78 is 0.201. The van der Waals surface area contributed by atoms with E-state index < -0.39 is 21.5 Å². The van der Waals surface area contributed by atoms with Crippen LogP contribution in [0, 0.1) is 41.5 Å². The quantitative estimate of drug-likeness (QED) is 0.173. The third-order valence-electron chi connectivity index (χ3n) is 10.5. The number of allylic oxidation sites excluding steroid dienone is 2. The van der Waals surface area contributed by atoms with E-state index in [0.717, 1.165) is 6.42 Å². The number of rotatable bonds is 6. The van der Waals surface area contributed by atoms with Crippen molar-refractivity contribution in [1.29, 1.82) is 0 Å². The molecule has 0 aliphatic heterocycles. The molecule has 2 aliphatic carbocycles. The minimum absolute atomic E-state index is 0.0945. The molecule has 0 bridgehead atoms. The van der Waals surface area contributed by atoms with Crippen molar-refractivity contribution in [2.75, 3.05) is 0 Å². The van der Waals surface area contributed by atoms with Gasteiger partial charge in [-0.3, -0.25) is 0 Å². The van der Waals surface area contributed by atoms with Crippen molar-refractivity contribution < 1.29 is 15.6 Å². The third-order valence-corrected chi connectivity index (χ3v) is 62.6. The molecular weight excluding hydrogens is 683 g/mol. The SMILES string of the molecule is CCC1=Cc2c(-c3cc(C)cc(C)c3)cc(C)cc2[CH]1[Zr]([Cl])([Cl])([CH]1C(C)=Cc2c(-c3cc(C)cc(C)c3)cc(C)cc21)[SiH](C)C. The van der Waals surface area contributed by atoms with Crippen LogP contribution in [0.2, 0.25) is 13.1 Å². The van der Waals surface area contributed by atoms with E-state index in [1.54, 1.807) is 0 Å². The molecule has 0 nitrogen and oxygen atoms in total. The van der Waals surface area contributed by atoms with E-state index in [-0.39, 0.29) is 7.25 Å². The van der Waals surface area contributed by atoms with Crippen LogP contribution in [0.1, 0.15) is 83.2 Å². The molecule has 6 rings (SSSR count). The summed E-state index contributed by atoms with van der Waals surface area (Å²) in [6.07, 6.45) is 5.87. The van der Waals surface area contributed by atoms with Gasteiger partial charge < -0.3 is 0 Å². The van der Waals surface area contributed by atoms with E-state index in [9.17, 15) is 0 Å². The standard InChI is InChI=1S/C20H21.C19H19.C2H7Si.2ClH.Zr/c1-5-16-11-18-9-15(4)10-19(20(18)12-16)17-7-13(2)6-14(3)8-17;1-12-5-13(2)7-16(6-12)18-10-14(3)8-17-9-15(4)11-19(17)18;1-3-2;;;/h6-12H,5H2,1-4H3;5-11H,1-4H3;3H,1-2H3;2*1H;/q;;;;;+2/p-2. The number of benzene rings is 4. The van der Waals surface area contributed by atoms with Crippen LogP contribution in [0.4, 0.5) is 0 Å². The van der Waals surface area contributed by atoms with Crippen molar-refractivity contribution in [3.05, 3.63) is 127 Å². The van der Waals surface area contributed by atoms with Gasteiger partial charge in [-0.15, -0.1) is 0 Å². The Morgan fingerprint density at radius 1 is 0.556 bits per heavy atom. The van der Waals surface area contributed by atoms with Crippen molar-refractivity contribution in [1.82, 2.24) is 0 Å². The van der Waals surface area contributed by atoms with Crippen LogP contribution in [-0.4, -0.2) is 5.92 Å². The van der Waals surface area contributed by atoms with E-state index in [1.165, 1.54) is 89.0 Å². The molecule has 0 N–H and O–H groups in total. The molecule has 0 saturated carbocycles. The number of halogens is 2. The molecule has 0 radical (unpaired) electrons. The zero-order valence-electron chi connectivity index (χ0n) is 28.6. The molecule has 2 atom stereocenters. The molecule has 0 spiro atoms. The average Bonchev–Trinajstić information content (AvgIpc) is 3.49. The summed E-state index contributed by atoms with van der Waals surface area (Å²) in [5.41, 5.74) is 21.1. The fourth-order valence-corrected chi connectivity index (χ4v) is 41.0. The molecule has 0 saturated heterocycles. The number of fused-ring (bicyclic) bond motifs is 2. The van der Waals surface area contributed by atoms with Crippen LogP contribution in [0.25, 0.3) is 34.4 Å². The van der Waals surface area contributed by atoms with Gasteiger partial charge in [0.05, 0.1) is 0 Å². The van der Waals surface area contributed by atoms with E-state index in [1.807, 2.05) is 0 Å².